The Balaban J connectivity index is 2.31. The first-order chi connectivity index (χ1) is 6.66. The number of nitrogens with one attached hydrogen (secondary N) is 1. The zero-order valence-electron chi connectivity index (χ0n) is 6.99. The Kier molecular flexibility index (Phi) is 2.48. The Labute approximate surface area is 89.8 Å². The van der Waals surface area contributed by atoms with Gasteiger partial charge in [0.2, 0.25) is 5.91 Å². The quantitative estimate of drug-likeness (QED) is 0.801. The van der Waals surface area contributed by atoms with Gasteiger partial charge in [0, 0.05) is 5.02 Å². The highest BCUT2D eigenvalue weighted by Gasteiger charge is 2.32. The van der Waals surface area contributed by atoms with E-state index in [2.05, 4.69) is 5.32 Å². The molecule has 1 N–H and O–H groups in total. The molecule has 0 bridgehead atoms. The number of benzene rings is 1. The number of amides is 2. The van der Waals surface area contributed by atoms with Crippen molar-refractivity contribution in [3.8, 4) is 0 Å². The van der Waals surface area contributed by atoms with Crippen molar-refractivity contribution in [2.24, 2.45) is 0 Å². The SMILES string of the molecule is O=C1NC(=O)[C@H](c2cccc(Cl)c2)S1. The van der Waals surface area contributed by atoms with E-state index in [1.165, 1.54) is 0 Å². The predicted octanol–water partition coefficient (Wildman–Crippen LogP) is 2.36. The summed E-state index contributed by atoms with van der Waals surface area (Å²) in [5.41, 5.74) is 0.755. The molecule has 3 nitrogen and oxygen atoms in total. The second-order valence-electron chi connectivity index (χ2n) is 2.83. The van der Waals surface area contributed by atoms with Gasteiger partial charge >= 0.3 is 0 Å². The predicted molar refractivity (Wildman–Crippen MR) is 55.3 cm³/mol. The number of thioether (sulfide) groups is 1. The normalized spacial score (nSPS) is 21.1. The van der Waals surface area contributed by atoms with Gasteiger partial charge in [-0.05, 0) is 29.5 Å². The van der Waals surface area contributed by atoms with Gasteiger partial charge in [-0.15, -0.1) is 0 Å². The molecular weight excluding hydrogens is 222 g/mol. The smallest absolute Gasteiger partial charge is 0.286 e. The van der Waals surface area contributed by atoms with Crippen LogP contribution < -0.4 is 5.32 Å². The van der Waals surface area contributed by atoms with E-state index < -0.39 is 5.25 Å². The first-order valence-electron chi connectivity index (χ1n) is 3.94. The molecule has 1 aromatic carbocycles. The third-order valence-electron chi connectivity index (χ3n) is 1.84. The lowest BCUT2D eigenvalue weighted by Crippen LogP contribution is -2.20. The van der Waals surface area contributed by atoms with Crippen LogP contribution in [0, 0.1) is 0 Å². The van der Waals surface area contributed by atoms with Gasteiger partial charge in [0.25, 0.3) is 5.24 Å². The lowest BCUT2D eigenvalue weighted by atomic mass is 10.1. The molecule has 72 valence electrons. The van der Waals surface area contributed by atoms with Gasteiger partial charge in [-0.25, -0.2) is 0 Å². The van der Waals surface area contributed by atoms with Crippen LogP contribution in [0.2, 0.25) is 5.02 Å². The molecule has 0 aromatic heterocycles. The molecule has 2 rings (SSSR count). The molecule has 1 aromatic rings. The van der Waals surface area contributed by atoms with E-state index in [0.29, 0.717) is 5.02 Å². The number of hydrogen-bond acceptors (Lipinski definition) is 3. The van der Waals surface area contributed by atoms with Gasteiger partial charge in [0.05, 0.1) is 0 Å². The molecular formula is C9H6ClNO2S. The highest BCUT2D eigenvalue weighted by Crippen LogP contribution is 2.34. The van der Waals surface area contributed by atoms with Gasteiger partial charge < -0.3 is 0 Å². The highest BCUT2D eigenvalue weighted by atomic mass is 35.5. The first-order valence-corrected chi connectivity index (χ1v) is 5.19. The Hall–Kier alpha value is -1.000. The van der Waals surface area contributed by atoms with Crippen molar-refractivity contribution < 1.29 is 9.59 Å². The van der Waals surface area contributed by atoms with Gasteiger partial charge in [-0.3, -0.25) is 14.9 Å². The second-order valence-corrected chi connectivity index (χ2v) is 4.34. The van der Waals surface area contributed by atoms with Crippen LogP contribution in [0.5, 0.6) is 0 Å². The van der Waals surface area contributed by atoms with E-state index in [4.69, 9.17) is 11.6 Å². The van der Waals surface area contributed by atoms with Crippen LogP contribution in [0.1, 0.15) is 10.8 Å². The van der Waals surface area contributed by atoms with E-state index in [-0.39, 0.29) is 11.1 Å². The number of imide groups is 1. The summed E-state index contributed by atoms with van der Waals surface area (Å²) in [6, 6.07) is 6.96. The number of rotatable bonds is 1. The van der Waals surface area contributed by atoms with Crippen LogP contribution in [0.25, 0.3) is 0 Å². The summed E-state index contributed by atoms with van der Waals surface area (Å²) >= 11 is 6.76. The van der Waals surface area contributed by atoms with Crippen LogP contribution in [-0.4, -0.2) is 11.1 Å². The van der Waals surface area contributed by atoms with Crippen LogP contribution in [0.3, 0.4) is 0 Å². The molecule has 1 saturated heterocycles. The number of halogens is 1. The van der Waals surface area contributed by atoms with E-state index >= 15 is 0 Å². The third-order valence-corrected chi connectivity index (χ3v) is 3.11. The Morgan fingerprint density at radius 1 is 1.36 bits per heavy atom. The van der Waals surface area contributed by atoms with Crippen molar-refractivity contribution in [2.45, 2.75) is 5.25 Å². The Morgan fingerprint density at radius 3 is 2.71 bits per heavy atom. The molecule has 5 heteroatoms. The topological polar surface area (TPSA) is 46.2 Å². The van der Waals surface area contributed by atoms with Crippen molar-refractivity contribution in [3.05, 3.63) is 34.9 Å². The summed E-state index contributed by atoms with van der Waals surface area (Å²) < 4.78 is 0. The van der Waals surface area contributed by atoms with Gasteiger partial charge in [-0.1, -0.05) is 23.7 Å². The maximum absolute atomic E-state index is 11.3. The molecule has 0 unspecified atom stereocenters. The van der Waals surface area contributed by atoms with Crippen molar-refractivity contribution in [2.75, 3.05) is 0 Å². The maximum atomic E-state index is 11.3. The fourth-order valence-corrected chi connectivity index (χ4v) is 2.27. The van der Waals surface area contributed by atoms with Crippen LogP contribution in [0.15, 0.2) is 24.3 Å². The Bertz CT molecular complexity index is 408. The molecule has 2 amide bonds. The fourth-order valence-electron chi connectivity index (χ4n) is 1.25. The summed E-state index contributed by atoms with van der Waals surface area (Å²) in [6.07, 6.45) is 0. The molecule has 0 aliphatic carbocycles. The summed E-state index contributed by atoms with van der Waals surface area (Å²) in [5, 5.41) is 2.03. The molecule has 0 spiro atoms. The Morgan fingerprint density at radius 2 is 2.14 bits per heavy atom. The van der Waals surface area contributed by atoms with Crippen molar-refractivity contribution in [1.82, 2.24) is 5.32 Å². The zero-order valence-corrected chi connectivity index (χ0v) is 8.56. The van der Waals surface area contributed by atoms with Crippen molar-refractivity contribution >= 4 is 34.5 Å². The summed E-state index contributed by atoms with van der Waals surface area (Å²) in [6.45, 7) is 0. The summed E-state index contributed by atoms with van der Waals surface area (Å²) in [5.74, 6) is -0.276. The van der Waals surface area contributed by atoms with Gasteiger partial charge in [0.15, 0.2) is 0 Å². The van der Waals surface area contributed by atoms with Gasteiger partial charge in [-0.2, -0.15) is 0 Å². The van der Waals surface area contributed by atoms with Gasteiger partial charge in [0.1, 0.15) is 5.25 Å². The van der Waals surface area contributed by atoms with E-state index in [0.717, 1.165) is 17.3 Å². The molecule has 1 aliphatic heterocycles. The van der Waals surface area contributed by atoms with E-state index in [9.17, 15) is 9.59 Å². The van der Waals surface area contributed by atoms with E-state index in [1.54, 1.807) is 24.3 Å². The molecule has 1 heterocycles. The average Bonchev–Trinajstić information content (AvgIpc) is 2.45. The minimum absolute atomic E-state index is 0.276. The number of carbonyl (C=O) groups is 2. The standard InChI is InChI=1S/C9H6ClNO2S/c10-6-3-1-2-5(4-6)7-8(12)11-9(13)14-7/h1-4,7H,(H,11,12,13)/t7-/m0/s1. The van der Waals surface area contributed by atoms with Crippen molar-refractivity contribution in [1.29, 1.82) is 0 Å². The van der Waals surface area contributed by atoms with Crippen molar-refractivity contribution in [3.63, 3.8) is 0 Å². The zero-order chi connectivity index (χ0) is 10.1. The van der Waals surface area contributed by atoms with Crippen LogP contribution in [-0.2, 0) is 4.79 Å². The second kappa shape index (κ2) is 3.63. The lowest BCUT2D eigenvalue weighted by molar-refractivity contribution is -0.119. The molecule has 0 saturated carbocycles. The van der Waals surface area contributed by atoms with Crippen LogP contribution in [0.4, 0.5) is 4.79 Å². The number of hydrogen-bond donors (Lipinski definition) is 1. The molecule has 1 aliphatic rings. The fraction of sp³-hybridized carbons (Fsp3) is 0.111. The average molecular weight is 228 g/mol. The summed E-state index contributed by atoms with van der Waals surface area (Å²) in [4.78, 5) is 22.2. The monoisotopic (exact) mass is 227 g/mol. The minimum Gasteiger partial charge on any atom is -0.286 e. The molecule has 14 heavy (non-hydrogen) atoms. The van der Waals surface area contributed by atoms with Crippen LogP contribution >= 0.6 is 23.4 Å². The summed E-state index contributed by atoms with van der Waals surface area (Å²) in [7, 11) is 0. The first kappa shape index (κ1) is 9.55. The molecule has 1 fully saturated rings. The van der Waals surface area contributed by atoms with E-state index in [1.807, 2.05) is 0 Å². The maximum Gasteiger partial charge on any atom is 0.286 e. The third kappa shape index (κ3) is 1.76. The highest BCUT2D eigenvalue weighted by molar-refractivity contribution is 8.15. The largest absolute Gasteiger partial charge is 0.286 e. The number of carbonyl (C=O) groups excluding carboxylic acids is 2. The molecule has 0 radical (unpaired) electrons. The lowest BCUT2D eigenvalue weighted by Gasteiger charge is -2.04. The molecule has 1 atom stereocenters. The minimum atomic E-state index is -0.457.